The summed E-state index contributed by atoms with van der Waals surface area (Å²) in [7, 11) is 1.71. The summed E-state index contributed by atoms with van der Waals surface area (Å²) in [6, 6.07) is 0. The molecule has 0 unspecified atom stereocenters. The van der Waals surface area contributed by atoms with E-state index in [0.29, 0.717) is 5.92 Å². The van der Waals surface area contributed by atoms with Crippen molar-refractivity contribution >= 4 is 15.9 Å². The van der Waals surface area contributed by atoms with E-state index in [1.165, 1.54) is 40.6 Å². The molecule has 0 atom stereocenters. The van der Waals surface area contributed by atoms with Gasteiger partial charge in [0.25, 0.3) is 0 Å². The first-order chi connectivity index (χ1) is 8.58. The van der Waals surface area contributed by atoms with E-state index in [2.05, 4.69) is 36.7 Å². The minimum Gasteiger partial charge on any atom is -0.481 e. The van der Waals surface area contributed by atoms with Crippen molar-refractivity contribution in [2.45, 2.75) is 52.4 Å². The van der Waals surface area contributed by atoms with E-state index in [4.69, 9.17) is 9.72 Å². The molecule has 1 aromatic heterocycles. The highest BCUT2D eigenvalue weighted by Gasteiger charge is 2.27. The van der Waals surface area contributed by atoms with Gasteiger partial charge < -0.3 is 4.74 Å². The Morgan fingerprint density at radius 2 is 2.06 bits per heavy atom. The van der Waals surface area contributed by atoms with Crippen molar-refractivity contribution < 1.29 is 4.74 Å². The third kappa shape index (κ3) is 2.71. The van der Waals surface area contributed by atoms with Crippen LogP contribution in [0, 0.1) is 5.92 Å². The van der Waals surface area contributed by atoms with Gasteiger partial charge >= 0.3 is 0 Å². The van der Waals surface area contributed by atoms with Crippen LogP contribution in [0.15, 0.2) is 4.47 Å². The van der Waals surface area contributed by atoms with Gasteiger partial charge in [-0.25, -0.2) is 4.98 Å². The van der Waals surface area contributed by atoms with Crippen LogP contribution >= 0.6 is 15.9 Å². The van der Waals surface area contributed by atoms with Gasteiger partial charge in [0.05, 0.1) is 7.11 Å². The van der Waals surface area contributed by atoms with E-state index < -0.39 is 0 Å². The number of pyridine rings is 1. The zero-order valence-corrected chi connectivity index (χ0v) is 13.3. The minimum atomic E-state index is 0.422. The molecule has 0 bridgehead atoms. The molecule has 1 aromatic rings. The fraction of sp³-hybridized carbons (Fsp3) is 0.667. The van der Waals surface area contributed by atoms with Gasteiger partial charge in [-0.2, -0.15) is 0 Å². The Hall–Kier alpha value is -0.570. The maximum Gasteiger partial charge on any atom is 0.217 e. The maximum atomic E-state index is 5.46. The molecule has 100 valence electrons. The molecule has 1 saturated carbocycles. The molecular weight excluding hydrogens is 290 g/mol. The Labute approximate surface area is 118 Å². The molecule has 18 heavy (non-hydrogen) atoms. The van der Waals surface area contributed by atoms with Gasteiger partial charge in [0, 0.05) is 15.7 Å². The number of methoxy groups -OCH3 is 1. The first-order valence-corrected chi connectivity index (χ1v) is 7.62. The Morgan fingerprint density at radius 3 is 2.50 bits per heavy atom. The van der Waals surface area contributed by atoms with Gasteiger partial charge in [-0.15, -0.1) is 0 Å². The molecule has 0 aromatic carbocycles. The van der Waals surface area contributed by atoms with Crippen LogP contribution in [-0.4, -0.2) is 12.1 Å². The van der Waals surface area contributed by atoms with E-state index >= 15 is 0 Å². The second-order valence-electron chi connectivity index (χ2n) is 5.43. The Bertz CT molecular complexity index is 439. The first-order valence-electron chi connectivity index (χ1n) is 6.83. The number of aromatic nitrogens is 1. The van der Waals surface area contributed by atoms with Crippen LogP contribution < -0.4 is 4.74 Å². The van der Waals surface area contributed by atoms with E-state index in [1.807, 2.05) is 0 Å². The summed E-state index contributed by atoms with van der Waals surface area (Å²) in [6.45, 7) is 6.55. The second-order valence-corrected chi connectivity index (χ2v) is 6.22. The predicted octanol–water partition coefficient (Wildman–Crippen LogP) is 4.49. The van der Waals surface area contributed by atoms with Gasteiger partial charge in [-0.3, -0.25) is 0 Å². The average Bonchev–Trinajstić information content (AvgIpc) is 3.14. The largest absolute Gasteiger partial charge is 0.481 e. The fourth-order valence-corrected chi connectivity index (χ4v) is 3.42. The maximum absolute atomic E-state index is 5.46. The molecule has 1 heterocycles. The number of ether oxygens (including phenoxy) is 1. The Morgan fingerprint density at radius 1 is 1.39 bits per heavy atom. The molecule has 0 spiro atoms. The summed E-state index contributed by atoms with van der Waals surface area (Å²) in [5.74, 6) is 2.08. The molecule has 2 nitrogen and oxygen atoms in total. The molecule has 1 fully saturated rings. The van der Waals surface area contributed by atoms with Crippen molar-refractivity contribution in [1.82, 2.24) is 4.98 Å². The van der Waals surface area contributed by atoms with Crippen LogP contribution in [0.1, 0.15) is 56.4 Å². The highest BCUT2D eigenvalue weighted by Crippen LogP contribution is 2.40. The normalized spacial score (nSPS) is 15.2. The lowest BCUT2D eigenvalue weighted by molar-refractivity contribution is 0.387. The molecule has 0 aliphatic heterocycles. The van der Waals surface area contributed by atoms with Crippen LogP contribution in [0.3, 0.4) is 0 Å². The molecule has 0 amide bonds. The van der Waals surface area contributed by atoms with Crippen molar-refractivity contribution in [2.75, 3.05) is 7.11 Å². The number of hydrogen-bond donors (Lipinski definition) is 0. The number of halogens is 1. The molecule has 0 radical (unpaired) electrons. The number of aryl methyl sites for hydroxylation is 1. The van der Waals surface area contributed by atoms with Crippen molar-refractivity contribution in [2.24, 2.45) is 5.92 Å². The number of hydrogen-bond acceptors (Lipinski definition) is 2. The van der Waals surface area contributed by atoms with Crippen LogP contribution in [-0.2, 0) is 12.8 Å². The summed E-state index contributed by atoms with van der Waals surface area (Å²) < 4.78 is 6.69. The molecule has 1 aliphatic carbocycles. The van der Waals surface area contributed by atoms with Gasteiger partial charge in [0.2, 0.25) is 5.88 Å². The van der Waals surface area contributed by atoms with Crippen LogP contribution in [0.5, 0.6) is 5.88 Å². The van der Waals surface area contributed by atoms with Crippen molar-refractivity contribution in [3.8, 4) is 5.88 Å². The molecular formula is C15H22BrNO. The standard InChI is InChI=1S/C15H22BrNO/c1-5-12-11(8-10-6-7-10)14(16)13(9(2)3)15(17-12)18-4/h9-10H,5-8H2,1-4H3. The SMILES string of the molecule is CCc1nc(OC)c(C(C)C)c(Br)c1CC1CC1. The highest BCUT2D eigenvalue weighted by molar-refractivity contribution is 9.10. The molecule has 2 rings (SSSR count). The van der Waals surface area contributed by atoms with Crippen LogP contribution in [0.2, 0.25) is 0 Å². The van der Waals surface area contributed by atoms with Crippen LogP contribution in [0.25, 0.3) is 0 Å². The average molecular weight is 312 g/mol. The zero-order valence-electron chi connectivity index (χ0n) is 11.7. The lowest BCUT2D eigenvalue weighted by Crippen LogP contribution is -2.07. The third-order valence-corrected chi connectivity index (χ3v) is 4.52. The van der Waals surface area contributed by atoms with E-state index in [1.54, 1.807) is 7.11 Å². The summed E-state index contributed by atoms with van der Waals surface area (Å²) in [5, 5.41) is 0. The fourth-order valence-electron chi connectivity index (χ4n) is 2.40. The van der Waals surface area contributed by atoms with E-state index in [9.17, 15) is 0 Å². The predicted molar refractivity (Wildman–Crippen MR) is 78.4 cm³/mol. The van der Waals surface area contributed by atoms with Gasteiger partial charge in [0.1, 0.15) is 0 Å². The smallest absolute Gasteiger partial charge is 0.217 e. The van der Waals surface area contributed by atoms with Crippen molar-refractivity contribution in [3.05, 3.63) is 21.3 Å². The quantitative estimate of drug-likeness (QED) is 0.799. The van der Waals surface area contributed by atoms with Gasteiger partial charge in [-0.05, 0) is 59.0 Å². The van der Waals surface area contributed by atoms with Crippen molar-refractivity contribution in [3.63, 3.8) is 0 Å². The first kappa shape index (κ1) is 13.9. The molecule has 3 heteroatoms. The summed E-state index contributed by atoms with van der Waals surface area (Å²) in [5.41, 5.74) is 3.81. The minimum absolute atomic E-state index is 0.422. The zero-order chi connectivity index (χ0) is 13.3. The van der Waals surface area contributed by atoms with Crippen LogP contribution in [0.4, 0.5) is 0 Å². The second kappa shape index (κ2) is 5.60. The van der Waals surface area contributed by atoms with Crippen molar-refractivity contribution in [1.29, 1.82) is 0 Å². The monoisotopic (exact) mass is 311 g/mol. The number of rotatable bonds is 5. The lowest BCUT2D eigenvalue weighted by atomic mass is 9.97. The van der Waals surface area contributed by atoms with E-state index in [-0.39, 0.29) is 0 Å². The Kier molecular flexibility index (Phi) is 4.31. The van der Waals surface area contributed by atoms with Gasteiger partial charge in [0.15, 0.2) is 0 Å². The summed E-state index contributed by atoms with van der Waals surface area (Å²) >= 11 is 3.80. The Balaban J connectivity index is 2.51. The molecule has 1 aliphatic rings. The molecule has 0 N–H and O–H groups in total. The summed E-state index contributed by atoms with van der Waals surface area (Å²) in [6.07, 6.45) is 4.88. The third-order valence-electron chi connectivity index (χ3n) is 3.61. The number of nitrogens with zero attached hydrogens (tertiary/aromatic N) is 1. The van der Waals surface area contributed by atoms with Gasteiger partial charge in [-0.1, -0.05) is 20.8 Å². The molecule has 0 saturated heterocycles. The highest BCUT2D eigenvalue weighted by atomic mass is 79.9. The van der Waals surface area contributed by atoms with E-state index in [0.717, 1.165) is 18.2 Å². The lowest BCUT2D eigenvalue weighted by Gasteiger charge is -2.19. The summed E-state index contributed by atoms with van der Waals surface area (Å²) in [4.78, 5) is 4.72. The topological polar surface area (TPSA) is 22.1 Å².